The summed E-state index contributed by atoms with van der Waals surface area (Å²) in [6, 6.07) is 3.33. The largest absolute Gasteiger partial charge is 0.478 e. The van der Waals surface area contributed by atoms with Crippen LogP contribution in [0.15, 0.2) is 23.8 Å². The molecule has 1 rings (SSSR count). The zero-order chi connectivity index (χ0) is 13.9. The van der Waals surface area contributed by atoms with E-state index < -0.39 is 27.2 Å². The Kier molecular flexibility index (Phi) is 3.72. The van der Waals surface area contributed by atoms with Crippen molar-refractivity contribution in [2.75, 3.05) is 0 Å². The van der Waals surface area contributed by atoms with Gasteiger partial charge in [-0.2, -0.15) is 0 Å². The zero-order valence-corrected chi connectivity index (χ0v) is 9.19. The zero-order valence-electron chi connectivity index (χ0n) is 9.19. The maximum atomic E-state index is 10.8. The standard InChI is InChI=1S/C10H8N2O6/c1-6(10(13)14)5-7-8(11(15)16)3-2-4-9(7)12(17)18/h2-5H,1H3,(H,13,14). The number of benzene rings is 1. The van der Waals surface area contributed by atoms with Crippen molar-refractivity contribution in [3.05, 3.63) is 49.6 Å². The fourth-order valence-corrected chi connectivity index (χ4v) is 1.29. The van der Waals surface area contributed by atoms with Crippen LogP contribution < -0.4 is 0 Å². The quantitative estimate of drug-likeness (QED) is 0.496. The van der Waals surface area contributed by atoms with Gasteiger partial charge in [0.15, 0.2) is 0 Å². The highest BCUT2D eigenvalue weighted by molar-refractivity contribution is 5.93. The topological polar surface area (TPSA) is 124 Å². The summed E-state index contributed by atoms with van der Waals surface area (Å²) in [7, 11) is 0. The molecule has 0 heterocycles. The lowest BCUT2D eigenvalue weighted by atomic mass is 10.1. The van der Waals surface area contributed by atoms with Crippen molar-refractivity contribution in [1.82, 2.24) is 0 Å². The lowest BCUT2D eigenvalue weighted by Gasteiger charge is -2.00. The van der Waals surface area contributed by atoms with Crippen LogP contribution in [-0.4, -0.2) is 20.9 Å². The summed E-state index contributed by atoms with van der Waals surface area (Å²) in [5.74, 6) is -1.30. The molecule has 94 valence electrons. The number of nitro groups is 2. The van der Waals surface area contributed by atoms with Crippen LogP contribution >= 0.6 is 0 Å². The lowest BCUT2D eigenvalue weighted by Crippen LogP contribution is -2.00. The van der Waals surface area contributed by atoms with Gasteiger partial charge in [-0.1, -0.05) is 0 Å². The minimum atomic E-state index is -1.30. The monoisotopic (exact) mass is 252 g/mol. The van der Waals surface area contributed by atoms with Crippen molar-refractivity contribution in [1.29, 1.82) is 0 Å². The summed E-state index contributed by atoms with van der Waals surface area (Å²) >= 11 is 0. The summed E-state index contributed by atoms with van der Waals surface area (Å²) < 4.78 is 0. The van der Waals surface area contributed by atoms with Gasteiger partial charge in [0.1, 0.15) is 5.56 Å². The normalized spacial score (nSPS) is 11.1. The number of nitrogens with zero attached hydrogens (tertiary/aromatic N) is 2. The molecule has 0 radical (unpaired) electrons. The first-order valence-corrected chi connectivity index (χ1v) is 4.68. The Morgan fingerprint density at radius 2 is 1.67 bits per heavy atom. The van der Waals surface area contributed by atoms with Crippen molar-refractivity contribution < 1.29 is 19.7 Å². The molecule has 8 nitrogen and oxygen atoms in total. The highest BCUT2D eigenvalue weighted by Gasteiger charge is 2.23. The SMILES string of the molecule is CC(=Cc1c([N+](=O)[O-])cccc1[N+](=O)[O-])C(=O)O. The van der Waals surface area contributed by atoms with Crippen LogP contribution in [0.2, 0.25) is 0 Å². The molecular formula is C10H8N2O6. The van der Waals surface area contributed by atoms with E-state index in [4.69, 9.17) is 5.11 Å². The van der Waals surface area contributed by atoms with Crippen LogP contribution in [0.4, 0.5) is 11.4 Å². The van der Waals surface area contributed by atoms with Gasteiger partial charge in [-0.15, -0.1) is 0 Å². The van der Waals surface area contributed by atoms with Crippen LogP contribution in [0.25, 0.3) is 6.08 Å². The second-order valence-electron chi connectivity index (χ2n) is 3.36. The number of nitro benzene ring substituents is 2. The molecule has 1 aromatic rings. The van der Waals surface area contributed by atoms with Crippen LogP contribution in [0.1, 0.15) is 12.5 Å². The smallest absolute Gasteiger partial charge is 0.331 e. The molecule has 1 N–H and O–H groups in total. The van der Waals surface area contributed by atoms with Crippen LogP contribution in [0, 0.1) is 20.2 Å². The molecule has 0 aliphatic carbocycles. The molecule has 0 atom stereocenters. The Morgan fingerprint density at radius 3 is 2.00 bits per heavy atom. The number of hydrogen-bond donors (Lipinski definition) is 1. The van der Waals surface area contributed by atoms with Gasteiger partial charge in [0.25, 0.3) is 11.4 Å². The first-order valence-electron chi connectivity index (χ1n) is 4.68. The third-order valence-corrected chi connectivity index (χ3v) is 2.15. The molecule has 0 fully saturated rings. The third-order valence-electron chi connectivity index (χ3n) is 2.15. The van der Waals surface area contributed by atoms with Crippen molar-refractivity contribution in [3.63, 3.8) is 0 Å². The molecule has 0 bridgehead atoms. The molecule has 8 heteroatoms. The van der Waals surface area contributed by atoms with E-state index in [2.05, 4.69) is 0 Å². The van der Waals surface area contributed by atoms with E-state index in [0.717, 1.165) is 18.2 Å². The number of aliphatic carboxylic acids is 1. The molecule has 0 spiro atoms. The third kappa shape index (κ3) is 2.67. The molecule has 18 heavy (non-hydrogen) atoms. The van der Waals surface area contributed by atoms with E-state index in [-0.39, 0.29) is 11.1 Å². The van der Waals surface area contributed by atoms with Crippen molar-refractivity contribution in [2.45, 2.75) is 6.92 Å². The van der Waals surface area contributed by atoms with Gasteiger partial charge in [-0.25, -0.2) is 4.79 Å². The Morgan fingerprint density at radius 1 is 1.22 bits per heavy atom. The van der Waals surface area contributed by atoms with Crippen molar-refractivity contribution >= 4 is 23.4 Å². The van der Waals surface area contributed by atoms with E-state index in [1.165, 1.54) is 13.0 Å². The number of hydrogen-bond acceptors (Lipinski definition) is 5. The predicted molar refractivity (Wildman–Crippen MR) is 61.0 cm³/mol. The highest BCUT2D eigenvalue weighted by atomic mass is 16.6. The lowest BCUT2D eigenvalue weighted by molar-refractivity contribution is -0.394. The summed E-state index contributed by atoms with van der Waals surface area (Å²) in [5.41, 5.74) is -1.57. The minimum Gasteiger partial charge on any atom is -0.478 e. The fourth-order valence-electron chi connectivity index (χ4n) is 1.29. The second kappa shape index (κ2) is 5.04. The van der Waals surface area contributed by atoms with E-state index >= 15 is 0 Å². The average molecular weight is 252 g/mol. The van der Waals surface area contributed by atoms with Gasteiger partial charge in [-0.05, 0) is 19.1 Å². The van der Waals surface area contributed by atoms with Gasteiger partial charge >= 0.3 is 5.97 Å². The van der Waals surface area contributed by atoms with Gasteiger partial charge in [0, 0.05) is 17.7 Å². The number of carboxylic acids is 1. The molecule has 0 amide bonds. The summed E-state index contributed by atoms with van der Waals surface area (Å²) in [4.78, 5) is 30.6. The summed E-state index contributed by atoms with van der Waals surface area (Å²) in [5, 5.41) is 30.2. The van der Waals surface area contributed by atoms with Crippen LogP contribution in [-0.2, 0) is 4.79 Å². The Bertz CT molecular complexity index is 531. The Balaban J connectivity index is 3.55. The average Bonchev–Trinajstić information content (AvgIpc) is 2.28. The molecule has 0 saturated carbocycles. The fraction of sp³-hybridized carbons (Fsp3) is 0.100. The number of carbonyl (C=O) groups is 1. The van der Waals surface area contributed by atoms with Crippen molar-refractivity contribution in [3.8, 4) is 0 Å². The maximum Gasteiger partial charge on any atom is 0.331 e. The van der Waals surface area contributed by atoms with E-state index in [0.29, 0.717) is 0 Å². The summed E-state index contributed by atoms with van der Waals surface area (Å²) in [6.45, 7) is 1.20. The molecule has 0 unspecified atom stereocenters. The molecule has 0 aromatic heterocycles. The van der Waals surface area contributed by atoms with Gasteiger partial charge in [0.2, 0.25) is 0 Å². The van der Waals surface area contributed by atoms with Crippen LogP contribution in [0.3, 0.4) is 0 Å². The predicted octanol–water partition coefficient (Wildman–Crippen LogP) is 1.99. The number of rotatable bonds is 4. The van der Waals surface area contributed by atoms with Gasteiger partial charge in [-0.3, -0.25) is 20.2 Å². The first kappa shape index (κ1) is 13.3. The molecule has 0 saturated heterocycles. The Labute approximate surface area is 100 Å². The van der Waals surface area contributed by atoms with Gasteiger partial charge in [0.05, 0.1) is 9.85 Å². The van der Waals surface area contributed by atoms with Crippen LogP contribution in [0.5, 0.6) is 0 Å². The molecule has 1 aromatic carbocycles. The van der Waals surface area contributed by atoms with E-state index in [1.807, 2.05) is 0 Å². The molecule has 0 aliphatic rings. The van der Waals surface area contributed by atoms with Gasteiger partial charge < -0.3 is 5.11 Å². The maximum absolute atomic E-state index is 10.8. The van der Waals surface area contributed by atoms with E-state index in [1.54, 1.807) is 0 Å². The minimum absolute atomic E-state index is 0.229. The molecular weight excluding hydrogens is 244 g/mol. The van der Waals surface area contributed by atoms with Crippen molar-refractivity contribution in [2.24, 2.45) is 0 Å². The first-order chi connectivity index (χ1) is 8.34. The second-order valence-corrected chi connectivity index (χ2v) is 3.36. The highest BCUT2D eigenvalue weighted by Crippen LogP contribution is 2.30. The molecule has 0 aliphatic heterocycles. The van der Waals surface area contributed by atoms with E-state index in [9.17, 15) is 25.0 Å². The Hall–Kier alpha value is -2.77. The number of carboxylic acid groups (broad SMARTS) is 1. The summed E-state index contributed by atoms with van der Waals surface area (Å²) in [6.07, 6.45) is 0.915.